The van der Waals surface area contributed by atoms with E-state index in [0.717, 1.165) is 24.8 Å². The van der Waals surface area contributed by atoms with Gasteiger partial charge in [-0.05, 0) is 22.8 Å². The Morgan fingerprint density at radius 2 is 1.95 bits per heavy atom. The molecule has 0 fully saturated rings. The zero-order valence-electron chi connectivity index (χ0n) is 11.9. The fourth-order valence-corrected chi connectivity index (χ4v) is 2.32. The first-order valence-corrected chi connectivity index (χ1v) is 7.22. The summed E-state index contributed by atoms with van der Waals surface area (Å²) >= 11 is 0. The molecule has 3 N–H and O–H groups in total. The number of carbonyl (C=O) groups excluding carboxylic acids is 1. The zero-order valence-corrected chi connectivity index (χ0v) is 11.9. The summed E-state index contributed by atoms with van der Waals surface area (Å²) in [7, 11) is 0. The Morgan fingerprint density at radius 3 is 2.75 bits per heavy atom. The van der Waals surface area contributed by atoms with E-state index in [9.17, 15) is 4.79 Å². The second-order valence-electron chi connectivity index (χ2n) is 5.10. The third kappa shape index (κ3) is 3.58. The van der Waals surface area contributed by atoms with E-state index in [1.165, 1.54) is 10.8 Å². The van der Waals surface area contributed by atoms with Crippen molar-refractivity contribution in [2.45, 2.75) is 38.8 Å². The van der Waals surface area contributed by atoms with Gasteiger partial charge in [0.2, 0.25) is 5.91 Å². The number of carbonyl (C=O) groups is 1. The lowest BCUT2D eigenvalue weighted by atomic mass is 10.0. The van der Waals surface area contributed by atoms with E-state index < -0.39 is 6.04 Å². The minimum Gasteiger partial charge on any atom is -0.351 e. The maximum absolute atomic E-state index is 11.9. The van der Waals surface area contributed by atoms with Crippen LogP contribution in [0, 0.1) is 0 Å². The van der Waals surface area contributed by atoms with E-state index in [2.05, 4.69) is 30.4 Å². The minimum atomic E-state index is -0.398. The highest BCUT2D eigenvalue weighted by Crippen LogP contribution is 2.18. The fraction of sp³-hybridized carbons (Fsp3) is 0.353. The zero-order chi connectivity index (χ0) is 14.4. The molecule has 2 aromatic carbocycles. The van der Waals surface area contributed by atoms with Gasteiger partial charge in [0, 0.05) is 6.54 Å². The molecule has 0 aromatic heterocycles. The summed E-state index contributed by atoms with van der Waals surface area (Å²) in [4.78, 5) is 11.9. The van der Waals surface area contributed by atoms with Crippen molar-refractivity contribution in [3.05, 3.63) is 48.0 Å². The molecular formula is C17H22N2O. The summed E-state index contributed by atoms with van der Waals surface area (Å²) in [5, 5.41) is 5.30. The number of rotatable bonds is 6. The molecule has 0 unspecified atom stereocenters. The van der Waals surface area contributed by atoms with Crippen molar-refractivity contribution < 1.29 is 4.79 Å². The first kappa shape index (κ1) is 14.5. The lowest BCUT2D eigenvalue weighted by Crippen LogP contribution is -2.40. The molecule has 0 aliphatic heterocycles. The molecule has 0 saturated heterocycles. The van der Waals surface area contributed by atoms with Crippen LogP contribution in [0.1, 0.15) is 31.7 Å². The Morgan fingerprint density at radius 1 is 1.20 bits per heavy atom. The smallest absolute Gasteiger partial charge is 0.237 e. The average molecular weight is 270 g/mol. The second-order valence-corrected chi connectivity index (χ2v) is 5.10. The molecule has 20 heavy (non-hydrogen) atoms. The summed E-state index contributed by atoms with van der Waals surface area (Å²) in [6.07, 6.45) is 2.80. The van der Waals surface area contributed by atoms with E-state index in [1.54, 1.807) is 0 Å². The van der Waals surface area contributed by atoms with Crippen LogP contribution in [0.2, 0.25) is 0 Å². The highest BCUT2D eigenvalue weighted by atomic mass is 16.2. The molecular weight excluding hydrogens is 248 g/mol. The van der Waals surface area contributed by atoms with Crippen molar-refractivity contribution in [1.82, 2.24) is 5.32 Å². The van der Waals surface area contributed by atoms with Gasteiger partial charge in [-0.25, -0.2) is 0 Å². The molecule has 0 heterocycles. The lowest BCUT2D eigenvalue weighted by Gasteiger charge is -2.13. The van der Waals surface area contributed by atoms with Gasteiger partial charge in [-0.1, -0.05) is 62.2 Å². The van der Waals surface area contributed by atoms with E-state index in [1.807, 2.05) is 24.3 Å². The number of unbranched alkanes of at least 4 members (excludes halogenated alkanes) is 1. The molecule has 0 aliphatic rings. The molecule has 0 radical (unpaired) electrons. The number of fused-ring (bicyclic) bond motifs is 1. The SMILES string of the molecule is CCCC[C@H](N)C(=O)NCc1cccc2ccccc12. The molecule has 1 atom stereocenters. The van der Waals surface area contributed by atoms with E-state index in [0.29, 0.717) is 6.54 Å². The van der Waals surface area contributed by atoms with E-state index >= 15 is 0 Å². The van der Waals surface area contributed by atoms with Crippen LogP contribution in [0.25, 0.3) is 10.8 Å². The van der Waals surface area contributed by atoms with Gasteiger partial charge < -0.3 is 11.1 Å². The highest BCUT2D eigenvalue weighted by Gasteiger charge is 2.12. The van der Waals surface area contributed by atoms with Gasteiger partial charge in [-0.15, -0.1) is 0 Å². The van der Waals surface area contributed by atoms with Crippen LogP contribution in [-0.4, -0.2) is 11.9 Å². The van der Waals surface area contributed by atoms with Crippen molar-refractivity contribution >= 4 is 16.7 Å². The largest absolute Gasteiger partial charge is 0.351 e. The summed E-state index contributed by atoms with van der Waals surface area (Å²) < 4.78 is 0. The maximum Gasteiger partial charge on any atom is 0.237 e. The van der Waals surface area contributed by atoms with E-state index in [4.69, 9.17) is 5.73 Å². The number of nitrogens with one attached hydrogen (secondary N) is 1. The summed E-state index contributed by atoms with van der Waals surface area (Å²) in [6.45, 7) is 2.63. The summed E-state index contributed by atoms with van der Waals surface area (Å²) in [5.74, 6) is -0.0635. The van der Waals surface area contributed by atoms with Crippen LogP contribution in [0.3, 0.4) is 0 Å². The highest BCUT2D eigenvalue weighted by molar-refractivity contribution is 5.86. The number of nitrogens with two attached hydrogens (primary N) is 1. The van der Waals surface area contributed by atoms with Gasteiger partial charge in [0.15, 0.2) is 0 Å². The first-order chi connectivity index (χ1) is 9.72. The molecule has 0 aliphatic carbocycles. The number of benzene rings is 2. The van der Waals surface area contributed by atoms with Crippen molar-refractivity contribution in [3.63, 3.8) is 0 Å². The fourth-order valence-electron chi connectivity index (χ4n) is 2.32. The molecule has 1 amide bonds. The Hall–Kier alpha value is -1.87. The van der Waals surface area contributed by atoms with Gasteiger partial charge in [0.25, 0.3) is 0 Å². The molecule has 0 bridgehead atoms. The Labute approximate surface area is 120 Å². The van der Waals surface area contributed by atoms with Crippen LogP contribution >= 0.6 is 0 Å². The van der Waals surface area contributed by atoms with Crippen LogP contribution in [0.5, 0.6) is 0 Å². The number of hydrogen-bond acceptors (Lipinski definition) is 2. The monoisotopic (exact) mass is 270 g/mol. The van der Waals surface area contributed by atoms with Gasteiger partial charge in [-0.2, -0.15) is 0 Å². The van der Waals surface area contributed by atoms with Gasteiger partial charge in [-0.3, -0.25) is 4.79 Å². The molecule has 0 spiro atoms. The van der Waals surface area contributed by atoms with E-state index in [-0.39, 0.29) is 5.91 Å². The van der Waals surface area contributed by atoms with Gasteiger partial charge >= 0.3 is 0 Å². The number of amides is 1. The Bertz CT molecular complexity index is 575. The molecule has 3 nitrogen and oxygen atoms in total. The van der Waals surface area contributed by atoms with Crippen LogP contribution in [0.15, 0.2) is 42.5 Å². The van der Waals surface area contributed by atoms with Crippen LogP contribution in [0.4, 0.5) is 0 Å². The normalized spacial score (nSPS) is 12.3. The van der Waals surface area contributed by atoms with Gasteiger partial charge in [0.1, 0.15) is 0 Å². The molecule has 2 aromatic rings. The third-order valence-electron chi connectivity index (χ3n) is 3.54. The summed E-state index contributed by atoms with van der Waals surface area (Å²) in [6, 6.07) is 13.9. The summed E-state index contributed by atoms with van der Waals surface area (Å²) in [5.41, 5.74) is 6.99. The minimum absolute atomic E-state index is 0.0635. The topological polar surface area (TPSA) is 55.1 Å². The van der Waals surface area contributed by atoms with Crippen LogP contribution in [-0.2, 0) is 11.3 Å². The van der Waals surface area contributed by atoms with Crippen molar-refractivity contribution in [2.24, 2.45) is 5.73 Å². The van der Waals surface area contributed by atoms with Crippen LogP contribution < -0.4 is 11.1 Å². The third-order valence-corrected chi connectivity index (χ3v) is 3.54. The predicted octanol–water partition coefficient (Wildman–Crippen LogP) is 2.97. The Balaban J connectivity index is 2.01. The lowest BCUT2D eigenvalue weighted by molar-refractivity contribution is -0.122. The molecule has 2 rings (SSSR count). The number of hydrogen-bond donors (Lipinski definition) is 2. The predicted molar refractivity (Wildman–Crippen MR) is 83.3 cm³/mol. The first-order valence-electron chi connectivity index (χ1n) is 7.22. The van der Waals surface area contributed by atoms with Crippen molar-refractivity contribution in [2.75, 3.05) is 0 Å². The molecule has 106 valence electrons. The van der Waals surface area contributed by atoms with Gasteiger partial charge in [0.05, 0.1) is 6.04 Å². The molecule has 3 heteroatoms. The average Bonchev–Trinajstić information content (AvgIpc) is 2.50. The second kappa shape index (κ2) is 7.06. The maximum atomic E-state index is 11.9. The van der Waals surface area contributed by atoms with Crippen molar-refractivity contribution in [1.29, 1.82) is 0 Å². The standard InChI is InChI=1S/C17H22N2O/c1-2-3-11-16(18)17(20)19-12-14-9-6-8-13-7-4-5-10-15(13)14/h4-10,16H,2-3,11-12,18H2,1H3,(H,19,20)/t16-/m0/s1. The Kier molecular flexibility index (Phi) is 5.13. The molecule has 0 saturated carbocycles. The quantitative estimate of drug-likeness (QED) is 0.848. The van der Waals surface area contributed by atoms with Crippen molar-refractivity contribution in [3.8, 4) is 0 Å².